The third-order valence-corrected chi connectivity index (χ3v) is 7.99. The fourth-order valence-electron chi connectivity index (χ4n) is 4.32. The zero-order valence-electron chi connectivity index (χ0n) is 22.5. The number of ether oxygens (including phenoxy) is 3. The first-order chi connectivity index (χ1) is 19.7. The molecule has 0 spiro atoms. The number of sulfonamides is 1. The maximum Gasteiger partial charge on any atom is 0.263 e. The average Bonchev–Trinajstić information content (AvgIpc) is 2.97. The van der Waals surface area contributed by atoms with Gasteiger partial charge in [-0.15, -0.1) is 0 Å². The third kappa shape index (κ3) is 6.32. The second kappa shape index (κ2) is 11.6. The Morgan fingerprint density at radius 1 is 0.878 bits per heavy atom. The van der Waals surface area contributed by atoms with E-state index in [1.807, 2.05) is 6.07 Å². The van der Waals surface area contributed by atoms with Crippen LogP contribution in [0.4, 0.5) is 23.0 Å². The number of nitrogens with zero attached hydrogens (tertiary/aromatic N) is 2. The van der Waals surface area contributed by atoms with Crippen molar-refractivity contribution in [2.45, 2.75) is 23.3 Å². The molecule has 4 aromatic rings. The molecule has 41 heavy (non-hydrogen) atoms. The van der Waals surface area contributed by atoms with Gasteiger partial charge in [0.15, 0.2) is 11.6 Å². The van der Waals surface area contributed by atoms with Crippen molar-refractivity contribution in [2.24, 2.45) is 5.73 Å². The van der Waals surface area contributed by atoms with Crippen LogP contribution in [0.2, 0.25) is 0 Å². The first kappa shape index (κ1) is 28.1. The van der Waals surface area contributed by atoms with Crippen molar-refractivity contribution in [3.8, 4) is 11.5 Å². The quantitative estimate of drug-likeness (QED) is 0.230. The highest BCUT2D eigenvalue weighted by molar-refractivity contribution is 7.92. The molecule has 0 aliphatic carbocycles. The number of para-hydroxylation sites is 2. The topological polar surface area (TPSA) is 167 Å². The summed E-state index contributed by atoms with van der Waals surface area (Å²) in [5.41, 5.74) is 7.07. The Bertz CT molecular complexity index is 1670. The lowest BCUT2D eigenvalue weighted by Crippen LogP contribution is -2.54. The zero-order chi connectivity index (χ0) is 29.0. The smallest absolute Gasteiger partial charge is 0.263 e. The number of methoxy groups -OCH3 is 2. The second-order valence-corrected chi connectivity index (χ2v) is 11.2. The van der Waals surface area contributed by atoms with Crippen LogP contribution >= 0.6 is 0 Å². The van der Waals surface area contributed by atoms with Crippen LogP contribution in [0.3, 0.4) is 0 Å². The number of hydrogen-bond donors (Lipinski definition) is 4. The zero-order valence-corrected chi connectivity index (χ0v) is 23.3. The number of carbonyl (C=O) groups is 1. The van der Waals surface area contributed by atoms with E-state index in [0.29, 0.717) is 60.0 Å². The molecule has 0 unspecified atom stereocenters. The molecule has 5 N–H and O–H groups in total. The predicted molar refractivity (Wildman–Crippen MR) is 155 cm³/mol. The largest absolute Gasteiger partial charge is 0.497 e. The van der Waals surface area contributed by atoms with Gasteiger partial charge in [-0.1, -0.05) is 18.2 Å². The highest BCUT2D eigenvalue weighted by Crippen LogP contribution is 2.32. The van der Waals surface area contributed by atoms with Crippen molar-refractivity contribution in [3.05, 3.63) is 66.7 Å². The van der Waals surface area contributed by atoms with Gasteiger partial charge in [-0.05, 0) is 43.2 Å². The van der Waals surface area contributed by atoms with E-state index in [4.69, 9.17) is 19.9 Å². The minimum absolute atomic E-state index is 0.0250. The lowest BCUT2D eigenvalue weighted by Gasteiger charge is -2.31. The van der Waals surface area contributed by atoms with Crippen molar-refractivity contribution in [3.63, 3.8) is 0 Å². The molecule has 2 heterocycles. The maximum atomic E-state index is 13.5. The number of rotatable bonds is 9. The van der Waals surface area contributed by atoms with Gasteiger partial charge in [0.25, 0.3) is 10.0 Å². The summed E-state index contributed by atoms with van der Waals surface area (Å²) >= 11 is 0. The molecule has 12 nitrogen and oxygen atoms in total. The van der Waals surface area contributed by atoms with Crippen LogP contribution in [0, 0.1) is 0 Å². The number of hydrogen-bond acceptors (Lipinski definition) is 10. The van der Waals surface area contributed by atoms with E-state index in [9.17, 15) is 13.2 Å². The van der Waals surface area contributed by atoms with E-state index in [0.717, 1.165) is 0 Å². The molecule has 0 saturated carbocycles. The van der Waals surface area contributed by atoms with Crippen LogP contribution < -0.4 is 30.6 Å². The minimum atomic E-state index is -4.17. The van der Waals surface area contributed by atoms with E-state index in [2.05, 4.69) is 25.3 Å². The number of carbonyl (C=O) groups excluding carboxylic acids is 1. The predicted octanol–water partition coefficient (Wildman–Crippen LogP) is 3.64. The number of anilines is 4. The van der Waals surface area contributed by atoms with E-state index in [1.165, 1.54) is 32.4 Å². The molecule has 214 valence electrons. The van der Waals surface area contributed by atoms with E-state index in [-0.39, 0.29) is 16.5 Å². The number of benzene rings is 3. The van der Waals surface area contributed by atoms with Crippen molar-refractivity contribution >= 4 is 50.0 Å². The summed E-state index contributed by atoms with van der Waals surface area (Å²) in [6.45, 7) is 0.766. The third-order valence-electron chi connectivity index (χ3n) is 6.66. The van der Waals surface area contributed by atoms with Crippen molar-refractivity contribution < 1.29 is 27.4 Å². The first-order valence-electron chi connectivity index (χ1n) is 12.8. The fourth-order valence-corrected chi connectivity index (χ4v) is 5.37. The summed E-state index contributed by atoms with van der Waals surface area (Å²) in [6.07, 6.45) is 0.738. The first-order valence-corrected chi connectivity index (χ1v) is 14.3. The van der Waals surface area contributed by atoms with Crippen LogP contribution in [-0.4, -0.2) is 57.3 Å². The second-order valence-electron chi connectivity index (χ2n) is 9.49. The summed E-state index contributed by atoms with van der Waals surface area (Å²) in [5, 5.41) is 5.87. The highest BCUT2D eigenvalue weighted by Gasteiger charge is 2.36. The van der Waals surface area contributed by atoms with Crippen molar-refractivity contribution in [1.82, 2.24) is 9.97 Å². The van der Waals surface area contributed by atoms with Gasteiger partial charge in [0.05, 0.1) is 30.1 Å². The number of aromatic nitrogens is 2. The number of fused-ring (bicyclic) bond motifs is 1. The molecule has 1 aliphatic heterocycles. The molecule has 1 aliphatic rings. The van der Waals surface area contributed by atoms with Crippen LogP contribution in [0.25, 0.3) is 11.0 Å². The molecule has 1 saturated heterocycles. The molecule has 0 atom stereocenters. The van der Waals surface area contributed by atoms with Gasteiger partial charge in [0, 0.05) is 42.8 Å². The summed E-state index contributed by atoms with van der Waals surface area (Å²) in [6, 6.07) is 18.1. The lowest BCUT2D eigenvalue weighted by molar-refractivity contribution is -0.124. The Hall–Kier alpha value is -4.46. The van der Waals surface area contributed by atoms with Crippen LogP contribution in [-0.2, 0) is 19.6 Å². The van der Waals surface area contributed by atoms with Gasteiger partial charge >= 0.3 is 0 Å². The molecular formula is C28H30N6O6S. The number of nitrogens with two attached hydrogens (primary N) is 1. The van der Waals surface area contributed by atoms with Crippen LogP contribution in [0.15, 0.2) is 71.6 Å². The molecule has 1 aromatic heterocycles. The Labute approximate surface area is 237 Å². The van der Waals surface area contributed by atoms with E-state index in [1.54, 1.807) is 42.5 Å². The Balaban J connectivity index is 1.45. The van der Waals surface area contributed by atoms with Gasteiger partial charge in [-0.2, -0.15) is 0 Å². The van der Waals surface area contributed by atoms with Gasteiger partial charge in [-0.25, -0.2) is 18.4 Å². The van der Waals surface area contributed by atoms with Crippen molar-refractivity contribution in [1.29, 1.82) is 0 Å². The average molecular weight is 579 g/mol. The highest BCUT2D eigenvalue weighted by atomic mass is 32.2. The standard InChI is InChI=1S/C28H30N6O6S/c1-38-20-14-19(15-21(17-20)39-2)30-25-26(33-24-9-4-3-8-23(24)32-25)34-41(36,37)22-7-5-6-18(16-22)31-27(35)28(29)10-12-40-13-11-28/h3-9,14-17H,10-13,29H2,1-2H3,(H,30,32)(H,31,35)(H,33,34). The Morgan fingerprint density at radius 2 is 1.51 bits per heavy atom. The summed E-state index contributed by atoms with van der Waals surface area (Å²) in [7, 11) is -1.11. The molecule has 5 rings (SSSR count). The Morgan fingerprint density at radius 3 is 2.15 bits per heavy atom. The van der Waals surface area contributed by atoms with Gasteiger partial charge in [0.2, 0.25) is 5.91 Å². The Kier molecular flexibility index (Phi) is 7.92. The molecule has 1 amide bonds. The molecule has 3 aromatic carbocycles. The van der Waals surface area contributed by atoms with Crippen LogP contribution in [0.1, 0.15) is 12.8 Å². The molecule has 0 bridgehead atoms. The summed E-state index contributed by atoms with van der Waals surface area (Å²) < 4.78 is 45.6. The normalized spacial score (nSPS) is 14.7. The van der Waals surface area contributed by atoms with Crippen molar-refractivity contribution in [2.75, 3.05) is 42.8 Å². The number of nitrogens with one attached hydrogen (secondary N) is 3. The van der Waals surface area contributed by atoms with Gasteiger partial charge in [0.1, 0.15) is 17.0 Å². The van der Waals surface area contributed by atoms with E-state index >= 15 is 0 Å². The lowest BCUT2D eigenvalue weighted by atomic mass is 9.90. The van der Waals surface area contributed by atoms with Gasteiger partial charge in [-0.3, -0.25) is 9.52 Å². The molecule has 0 radical (unpaired) electrons. The SMILES string of the molecule is COc1cc(Nc2nc3ccccc3nc2NS(=O)(=O)c2cccc(NC(=O)C3(N)CCOCC3)c2)cc(OC)c1. The summed E-state index contributed by atoms with van der Waals surface area (Å²) in [4.78, 5) is 21.9. The monoisotopic (exact) mass is 578 g/mol. The fraction of sp³-hybridized carbons (Fsp3) is 0.250. The molecular weight excluding hydrogens is 548 g/mol. The van der Waals surface area contributed by atoms with E-state index < -0.39 is 21.5 Å². The summed E-state index contributed by atoms with van der Waals surface area (Å²) in [5.74, 6) is 0.798. The van der Waals surface area contributed by atoms with Gasteiger partial charge < -0.3 is 30.6 Å². The van der Waals surface area contributed by atoms with Crippen LogP contribution in [0.5, 0.6) is 11.5 Å². The number of amides is 1. The molecule has 13 heteroatoms. The maximum absolute atomic E-state index is 13.5. The molecule has 1 fully saturated rings. The minimum Gasteiger partial charge on any atom is -0.497 e.